The molecule has 1 saturated heterocycles. The van der Waals surface area contributed by atoms with E-state index in [2.05, 4.69) is 20.6 Å². The average Bonchev–Trinajstić information content (AvgIpc) is 2.91. The highest BCUT2D eigenvalue weighted by molar-refractivity contribution is 6.30. The summed E-state index contributed by atoms with van der Waals surface area (Å²) in [5.74, 6) is 1.11. The van der Waals surface area contributed by atoms with Crippen LogP contribution in [0.5, 0.6) is 0 Å². The van der Waals surface area contributed by atoms with Gasteiger partial charge in [0.05, 0.1) is 6.61 Å². The van der Waals surface area contributed by atoms with Gasteiger partial charge in [-0.15, -0.1) is 0 Å². The lowest BCUT2D eigenvalue weighted by Gasteiger charge is -2.29. The van der Waals surface area contributed by atoms with Crippen LogP contribution in [-0.4, -0.2) is 48.8 Å². The molecule has 7 nitrogen and oxygen atoms in total. The Balaban J connectivity index is 1.97. The zero-order valence-corrected chi connectivity index (χ0v) is 12.8. The molecule has 1 aromatic heterocycles. The molecular formula is C13H18ClN5O2. The number of hydrogen-bond acceptors (Lipinski definition) is 5. The topological polar surface area (TPSA) is 79.4 Å². The molecule has 0 aliphatic carbocycles. The number of carbonyl (C=O) groups is 1. The number of halogens is 1. The monoisotopic (exact) mass is 311 g/mol. The number of nitrogens with zero attached hydrogens (tertiary/aromatic N) is 3. The maximum atomic E-state index is 11.9. The largest absolute Gasteiger partial charge is 0.367 e. The van der Waals surface area contributed by atoms with Gasteiger partial charge in [0.1, 0.15) is 17.1 Å². The number of morpholine rings is 1. The molecule has 2 atom stereocenters. The van der Waals surface area contributed by atoms with E-state index in [0.29, 0.717) is 36.4 Å². The first-order valence-corrected chi connectivity index (χ1v) is 7.40. The number of aromatic nitrogens is 2. The molecule has 0 bridgehead atoms. The third kappa shape index (κ3) is 2.56. The Kier molecular flexibility index (Phi) is 3.97. The molecule has 0 radical (unpaired) electrons. The lowest BCUT2D eigenvalue weighted by molar-refractivity contribution is -0.00554. The molecule has 2 aliphatic rings. The van der Waals surface area contributed by atoms with E-state index in [1.165, 1.54) is 0 Å². The minimum absolute atomic E-state index is 0.0997. The summed E-state index contributed by atoms with van der Waals surface area (Å²) in [6, 6.07) is -0.0899. The Morgan fingerprint density at radius 2 is 2.33 bits per heavy atom. The highest BCUT2D eigenvalue weighted by Gasteiger charge is 2.32. The highest BCUT2D eigenvalue weighted by atomic mass is 35.5. The van der Waals surface area contributed by atoms with E-state index in [1.807, 2.05) is 6.92 Å². The minimum Gasteiger partial charge on any atom is -0.367 e. The molecule has 1 aromatic rings. The van der Waals surface area contributed by atoms with Crippen molar-refractivity contribution in [3.8, 4) is 0 Å². The van der Waals surface area contributed by atoms with Gasteiger partial charge in [-0.2, -0.15) is 0 Å². The Labute approximate surface area is 128 Å². The van der Waals surface area contributed by atoms with Crippen LogP contribution in [0.1, 0.15) is 24.4 Å². The number of urea groups is 1. The number of fused-ring (bicyclic) bond motifs is 1. The van der Waals surface area contributed by atoms with E-state index in [0.717, 1.165) is 12.1 Å². The van der Waals surface area contributed by atoms with Crippen molar-refractivity contribution < 1.29 is 9.53 Å². The van der Waals surface area contributed by atoms with Crippen LogP contribution in [0.25, 0.3) is 0 Å². The second-order valence-corrected chi connectivity index (χ2v) is 5.52. The number of anilines is 1. The van der Waals surface area contributed by atoms with E-state index in [-0.39, 0.29) is 18.2 Å². The lowest BCUT2D eigenvalue weighted by Crippen LogP contribution is -2.42. The zero-order chi connectivity index (χ0) is 15.0. The molecule has 1 fully saturated rings. The average molecular weight is 312 g/mol. The van der Waals surface area contributed by atoms with E-state index < -0.39 is 0 Å². The molecule has 2 N–H and O–H groups in total. The van der Waals surface area contributed by atoms with Crippen LogP contribution in [0.15, 0.2) is 0 Å². The summed E-state index contributed by atoms with van der Waals surface area (Å²) in [4.78, 5) is 22.4. The molecule has 3 heterocycles. The van der Waals surface area contributed by atoms with E-state index >= 15 is 0 Å². The lowest BCUT2D eigenvalue weighted by atomic mass is 10.1. The molecule has 3 rings (SSSR count). The molecule has 0 aromatic carbocycles. The van der Waals surface area contributed by atoms with Gasteiger partial charge in [0.2, 0.25) is 0 Å². The molecule has 2 unspecified atom stereocenters. The standard InChI is InChI=1S/C13H18ClN5O2/c1-7-9(21-6-4-16-7)11-17-10(14)8-3-5-19(12(8)18-11)13(20)15-2/h7,9,16H,3-6H2,1-2H3,(H,15,20). The van der Waals surface area contributed by atoms with Crippen molar-refractivity contribution in [2.45, 2.75) is 25.5 Å². The zero-order valence-electron chi connectivity index (χ0n) is 12.0. The van der Waals surface area contributed by atoms with Crippen LogP contribution in [0.2, 0.25) is 5.15 Å². The van der Waals surface area contributed by atoms with Crippen LogP contribution < -0.4 is 15.5 Å². The van der Waals surface area contributed by atoms with Crippen molar-refractivity contribution >= 4 is 23.4 Å². The fraction of sp³-hybridized carbons (Fsp3) is 0.615. The smallest absolute Gasteiger partial charge is 0.322 e. The summed E-state index contributed by atoms with van der Waals surface area (Å²) < 4.78 is 5.75. The number of amides is 2. The van der Waals surface area contributed by atoms with Gasteiger partial charge in [-0.1, -0.05) is 11.6 Å². The van der Waals surface area contributed by atoms with Crippen molar-refractivity contribution in [2.24, 2.45) is 0 Å². The molecule has 8 heteroatoms. The summed E-state index contributed by atoms with van der Waals surface area (Å²) in [7, 11) is 1.60. The fourth-order valence-electron chi connectivity index (χ4n) is 2.71. The van der Waals surface area contributed by atoms with Crippen LogP contribution in [-0.2, 0) is 11.2 Å². The fourth-order valence-corrected chi connectivity index (χ4v) is 2.98. The molecule has 0 spiro atoms. The van der Waals surface area contributed by atoms with Crippen molar-refractivity contribution in [3.63, 3.8) is 0 Å². The first-order chi connectivity index (χ1) is 10.1. The number of ether oxygens (including phenoxy) is 1. The summed E-state index contributed by atoms with van der Waals surface area (Å²) in [6.45, 7) is 3.99. The number of carbonyl (C=O) groups excluding carboxylic acids is 1. The van der Waals surface area contributed by atoms with E-state index in [4.69, 9.17) is 16.3 Å². The molecule has 2 aliphatic heterocycles. The van der Waals surface area contributed by atoms with Gasteiger partial charge < -0.3 is 15.4 Å². The van der Waals surface area contributed by atoms with Gasteiger partial charge in [0.25, 0.3) is 0 Å². The number of hydrogen-bond donors (Lipinski definition) is 2. The van der Waals surface area contributed by atoms with Crippen molar-refractivity contribution in [2.75, 3.05) is 31.6 Å². The predicted molar refractivity (Wildman–Crippen MR) is 78.7 cm³/mol. The third-order valence-corrected chi connectivity index (χ3v) is 4.14. The second kappa shape index (κ2) is 5.75. The summed E-state index contributed by atoms with van der Waals surface area (Å²) in [6.07, 6.45) is 0.412. The van der Waals surface area contributed by atoms with Crippen molar-refractivity contribution in [1.82, 2.24) is 20.6 Å². The first kappa shape index (κ1) is 14.5. The van der Waals surface area contributed by atoms with Crippen molar-refractivity contribution in [1.29, 1.82) is 0 Å². The Morgan fingerprint density at radius 1 is 1.52 bits per heavy atom. The van der Waals surface area contributed by atoms with Crippen LogP contribution in [0, 0.1) is 0 Å². The van der Waals surface area contributed by atoms with Crippen LogP contribution >= 0.6 is 11.6 Å². The number of nitrogens with one attached hydrogen (secondary N) is 2. The quantitative estimate of drug-likeness (QED) is 0.753. The van der Waals surface area contributed by atoms with Gasteiger partial charge in [0, 0.05) is 31.7 Å². The van der Waals surface area contributed by atoms with E-state index in [9.17, 15) is 4.79 Å². The van der Waals surface area contributed by atoms with Crippen LogP contribution in [0.3, 0.4) is 0 Å². The Morgan fingerprint density at radius 3 is 3.05 bits per heavy atom. The van der Waals surface area contributed by atoms with Crippen LogP contribution in [0.4, 0.5) is 10.6 Å². The third-order valence-electron chi connectivity index (χ3n) is 3.83. The second-order valence-electron chi connectivity index (χ2n) is 5.17. The summed E-state index contributed by atoms with van der Waals surface area (Å²) in [5.41, 5.74) is 0.820. The van der Waals surface area contributed by atoms with E-state index in [1.54, 1.807) is 11.9 Å². The van der Waals surface area contributed by atoms with Gasteiger partial charge in [-0.3, -0.25) is 4.90 Å². The van der Waals surface area contributed by atoms with Gasteiger partial charge in [0.15, 0.2) is 5.82 Å². The molecule has 21 heavy (non-hydrogen) atoms. The summed E-state index contributed by atoms with van der Waals surface area (Å²) >= 11 is 6.27. The highest BCUT2D eigenvalue weighted by Crippen LogP contribution is 2.33. The van der Waals surface area contributed by atoms with Crippen molar-refractivity contribution in [3.05, 3.63) is 16.5 Å². The Hall–Kier alpha value is -1.44. The predicted octanol–water partition coefficient (Wildman–Crippen LogP) is 0.881. The minimum atomic E-state index is -0.256. The molecule has 114 valence electrons. The first-order valence-electron chi connectivity index (χ1n) is 7.02. The normalized spacial score (nSPS) is 24.8. The maximum Gasteiger partial charge on any atom is 0.322 e. The maximum absolute atomic E-state index is 11.9. The molecular weight excluding hydrogens is 294 g/mol. The van der Waals surface area contributed by atoms with Gasteiger partial charge >= 0.3 is 6.03 Å². The van der Waals surface area contributed by atoms with Gasteiger partial charge in [-0.25, -0.2) is 14.8 Å². The summed E-state index contributed by atoms with van der Waals surface area (Å²) in [5, 5.41) is 6.34. The number of rotatable bonds is 1. The van der Waals surface area contributed by atoms with Gasteiger partial charge in [-0.05, 0) is 13.3 Å². The SMILES string of the molecule is CNC(=O)N1CCc2c(Cl)nc(C3OCCNC3C)nc21. The molecule has 0 saturated carbocycles. The Bertz CT molecular complexity index is 568. The molecule has 2 amide bonds.